The molecule has 4 aliphatic heterocycles. The maximum Gasteiger partial charge on any atom is 0.217 e. The molecule has 14 N–H and O–H groups in total. The van der Waals surface area contributed by atoms with Crippen LogP contribution in [0, 0.1) is 0 Å². The molecule has 0 radical (unpaired) electrons. The second kappa shape index (κ2) is 16.8. The van der Waals surface area contributed by atoms with Gasteiger partial charge in [-0.3, -0.25) is 4.79 Å². The van der Waals surface area contributed by atoms with E-state index in [1.54, 1.807) is 0 Å². The Kier molecular flexibility index (Phi) is 13.8. The molecule has 22 nitrogen and oxygen atoms in total. The summed E-state index contributed by atoms with van der Waals surface area (Å²) in [4.78, 5) is 11.7. The van der Waals surface area contributed by atoms with E-state index in [4.69, 9.17) is 33.2 Å². The number of hydrogen-bond acceptors (Lipinski definition) is 21. The molecule has 0 aromatic rings. The minimum Gasteiger partial charge on any atom is -0.394 e. The Morgan fingerprint density at radius 3 is 1.67 bits per heavy atom. The van der Waals surface area contributed by atoms with Crippen molar-refractivity contribution in [1.82, 2.24) is 5.32 Å². The summed E-state index contributed by atoms with van der Waals surface area (Å²) in [5, 5.41) is 136. The molecule has 0 aromatic heterocycles. The number of rotatable bonds is 11. The molecule has 0 spiro atoms. The third-order valence-electron chi connectivity index (χ3n) is 8.59. The standard InChI is InChI=1S/C26H45NO21/c1-6(31)27-11-15(35)12(32)7(2-28)44-24(11)47-21-9(4-30)45-25(19(39)17(21)37)42-5-10-13(33)16(36)18(38)26(46-10)48-22-14(34)8(3-29)43-23(41)20(22)40/h7-26,28-30,32-41H,2-5H2,1H3,(H,27,31)/t7-,8-,9-,10-,11-,12+,13+,14+,15-,16+,17-,18-,19-,20-,21+,22+,23-,24-,25+,26-/m1/s1. The van der Waals surface area contributed by atoms with Crippen molar-refractivity contribution in [2.24, 2.45) is 0 Å². The molecule has 4 fully saturated rings. The summed E-state index contributed by atoms with van der Waals surface area (Å²) in [6.07, 6.45) is -33.0. The average molecular weight is 708 g/mol. The molecule has 1 amide bonds. The molecule has 4 aliphatic rings. The Hall–Kier alpha value is -1.33. The lowest BCUT2D eigenvalue weighted by Crippen LogP contribution is -2.68. The summed E-state index contributed by atoms with van der Waals surface area (Å²) in [7, 11) is 0. The van der Waals surface area contributed by atoms with Crippen molar-refractivity contribution < 1.29 is 104 Å². The molecule has 0 bridgehead atoms. The maximum atomic E-state index is 11.7. The van der Waals surface area contributed by atoms with Gasteiger partial charge in [0.2, 0.25) is 5.91 Å². The summed E-state index contributed by atoms with van der Waals surface area (Å²) in [6.45, 7) is -2.05. The third kappa shape index (κ3) is 8.24. The smallest absolute Gasteiger partial charge is 0.217 e. The van der Waals surface area contributed by atoms with Crippen molar-refractivity contribution in [3.63, 3.8) is 0 Å². The highest BCUT2D eigenvalue weighted by atomic mass is 16.8. The van der Waals surface area contributed by atoms with E-state index in [1.165, 1.54) is 0 Å². The maximum absolute atomic E-state index is 11.7. The fourth-order valence-corrected chi connectivity index (χ4v) is 5.84. The highest BCUT2D eigenvalue weighted by molar-refractivity contribution is 5.73. The van der Waals surface area contributed by atoms with Crippen LogP contribution in [0.15, 0.2) is 0 Å². The first kappa shape index (κ1) is 39.5. The van der Waals surface area contributed by atoms with Gasteiger partial charge in [-0.05, 0) is 0 Å². The lowest BCUT2D eigenvalue weighted by Gasteiger charge is -2.47. The number of aliphatic hydroxyl groups excluding tert-OH is 13. The minimum absolute atomic E-state index is 0.664. The zero-order chi connectivity index (χ0) is 35.6. The lowest BCUT2D eigenvalue weighted by atomic mass is 9.95. The molecule has 4 heterocycles. The zero-order valence-electron chi connectivity index (χ0n) is 25.5. The van der Waals surface area contributed by atoms with E-state index in [0.29, 0.717) is 0 Å². The molecule has 0 saturated carbocycles. The summed E-state index contributed by atoms with van der Waals surface area (Å²) >= 11 is 0. The van der Waals surface area contributed by atoms with Gasteiger partial charge in [-0.2, -0.15) is 0 Å². The van der Waals surface area contributed by atoms with E-state index in [2.05, 4.69) is 5.32 Å². The second-order valence-electron chi connectivity index (χ2n) is 11.9. The molecule has 48 heavy (non-hydrogen) atoms. The van der Waals surface area contributed by atoms with E-state index < -0.39 is 155 Å². The van der Waals surface area contributed by atoms with Crippen molar-refractivity contribution in [2.75, 3.05) is 26.4 Å². The first-order valence-corrected chi connectivity index (χ1v) is 15.1. The third-order valence-corrected chi connectivity index (χ3v) is 8.59. The summed E-state index contributed by atoms with van der Waals surface area (Å²) < 4.78 is 38.0. The molecule has 0 aromatic carbocycles. The Morgan fingerprint density at radius 1 is 0.542 bits per heavy atom. The van der Waals surface area contributed by atoms with Gasteiger partial charge >= 0.3 is 0 Å². The average Bonchev–Trinajstić information content (AvgIpc) is 3.06. The van der Waals surface area contributed by atoms with Crippen molar-refractivity contribution in [2.45, 2.75) is 130 Å². The molecular formula is C26H45NO21. The van der Waals surface area contributed by atoms with Crippen molar-refractivity contribution in [3.8, 4) is 0 Å². The van der Waals surface area contributed by atoms with Gasteiger partial charge in [0.1, 0.15) is 97.6 Å². The fourth-order valence-electron chi connectivity index (χ4n) is 5.84. The molecule has 0 aliphatic carbocycles. The summed E-state index contributed by atoms with van der Waals surface area (Å²) in [6, 6.07) is -1.43. The monoisotopic (exact) mass is 707 g/mol. The van der Waals surface area contributed by atoms with E-state index in [0.717, 1.165) is 6.92 Å². The summed E-state index contributed by atoms with van der Waals surface area (Å²) in [5.74, 6) is -0.664. The lowest BCUT2D eigenvalue weighted by molar-refractivity contribution is -0.367. The van der Waals surface area contributed by atoms with Crippen LogP contribution < -0.4 is 5.32 Å². The van der Waals surface area contributed by atoms with Crippen LogP contribution in [0.2, 0.25) is 0 Å². The van der Waals surface area contributed by atoms with Crippen LogP contribution in [-0.2, 0) is 38.0 Å². The van der Waals surface area contributed by atoms with Crippen LogP contribution in [0.1, 0.15) is 6.92 Å². The van der Waals surface area contributed by atoms with Crippen LogP contribution in [0.4, 0.5) is 0 Å². The van der Waals surface area contributed by atoms with Gasteiger partial charge in [0.15, 0.2) is 25.2 Å². The van der Waals surface area contributed by atoms with Gasteiger partial charge in [0, 0.05) is 6.92 Å². The topological polar surface area (TPSA) is 357 Å². The number of ether oxygens (including phenoxy) is 7. The number of hydrogen-bond donors (Lipinski definition) is 14. The Bertz CT molecular complexity index is 1030. The number of nitrogens with one attached hydrogen (secondary N) is 1. The Morgan fingerprint density at radius 2 is 1.06 bits per heavy atom. The van der Waals surface area contributed by atoms with Gasteiger partial charge in [0.05, 0.1) is 26.4 Å². The first-order chi connectivity index (χ1) is 22.6. The number of carbonyl (C=O) groups is 1. The normalized spacial score (nSPS) is 50.2. The van der Waals surface area contributed by atoms with Crippen LogP contribution in [0.5, 0.6) is 0 Å². The van der Waals surface area contributed by atoms with Gasteiger partial charge in [-0.15, -0.1) is 0 Å². The number of carbonyl (C=O) groups excluding carboxylic acids is 1. The van der Waals surface area contributed by atoms with Crippen molar-refractivity contribution >= 4 is 5.91 Å². The molecule has 20 atom stereocenters. The van der Waals surface area contributed by atoms with E-state index >= 15 is 0 Å². The number of amides is 1. The molecule has 4 saturated heterocycles. The predicted octanol–water partition coefficient (Wildman–Crippen LogP) is -9.61. The predicted molar refractivity (Wildman–Crippen MR) is 145 cm³/mol. The van der Waals surface area contributed by atoms with Crippen LogP contribution >= 0.6 is 0 Å². The first-order valence-electron chi connectivity index (χ1n) is 15.1. The van der Waals surface area contributed by atoms with E-state index in [-0.39, 0.29) is 0 Å². The van der Waals surface area contributed by atoms with Gasteiger partial charge in [-0.1, -0.05) is 0 Å². The van der Waals surface area contributed by atoms with Gasteiger partial charge in [0.25, 0.3) is 0 Å². The van der Waals surface area contributed by atoms with Crippen LogP contribution in [0.25, 0.3) is 0 Å². The van der Waals surface area contributed by atoms with E-state index in [1.807, 2.05) is 0 Å². The fraction of sp³-hybridized carbons (Fsp3) is 0.962. The van der Waals surface area contributed by atoms with Crippen molar-refractivity contribution in [1.29, 1.82) is 0 Å². The molecule has 22 heteroatoms. The molecule has 4 rings (SSSR count). The Labute approximate surface area is 272 Å². The van der Waals surface area contributed by atoms with Gasteiger partial charge < -0.3 is 105 Å². The quantitative estimate of drug-likeness (QED) is 0.0947. The number of aliphatic hydroxyl groups is 13. The van der Waals surface area contributed by atoms with Crippen molar-refractivity contribution in [3.05, 3.63) is 0 Å². The Balaban J connectivity index is 1.42. The zero-order valence-corrected chi connectivity index (χ0v) is 25.5. The summed E-state index contributed by atoms with van der Waals surface area (Å²) in [5.41, 5.74) is 0. The highest BCUT2D eigenvalue weighted by Crippen LogP contribution is 2.32. The van der Waals surface area contributed by atoms with E-state index in [9.17, 15) is 71.2 Å². The largest absolute Gasteiger partial charge is 0.394 e. The van der Waals surface area contributed by atoms with Crippen LogP contribution in [0.3, 0.4) is 0 Å². The van der Waals surface area contributed by atoms with Gasteiger partial charge in [-0.25, -0.2) is 0 Å². The molecule has 280 valence electrons. The minimum atomic E-state index is -1.97. The van der Waals surface area contributed by atoms with Crippen LogP contribution in [-0.4, -0.2) is 221 Å². The molecule has 0 unspecified atom stereocenters. The highest BCUT2D eigenvalue weighted by Gasteiger charge is 2.53. The molecular weight excluding hydrogens is 662 g/mol. The SMILES string of the molecule is CC(=O)N[C@H]1[C@@H](O[C@@H]2[C@H](O)[C@@H](O)[C@@H](OC[C@H]3O[C@H](O[C@@H]4[C@@H](O)[C@H](O)O[C@H](CO)[C@@H]4O)[C@H](O)[C@@H](O)[C@H]3O)O[C@@H]2CO)O[C@H](CO)[C@H](O)[C@@H]1O. The second-order valence-corrected chi connectivity index (χ2v) is 11.9.